The number of likely N-dealkylation sites (tertiary alicyclic amines) is 1. The van der Waals surface area contributed by atoms with Crippen LogP contribution in [0.25, 0.3) is 22.0 Å². The average Bonchev–Trinajstić information content (AvgIpc) is 3.24. The van der Waals surface area contributed by atoms with E-state index >= 15 is 0 Å². The number of anilines is 2. The van der Waals surface area contributed by atoms with Gasteiger partial charge >= 0.3 is 0 Å². The van der Waals surface area contributed by atoms with Crippen LogP contribution < -0.4 is 5.32 Å². The van der Waals surface area contributed by atoms with Crippen LogP contribution in [0.4, 0.5) is 11.5 Å². The van der Waals surface area contributed by atoms with Gasteiger partial charge in [-0.3, -0.25) is 9.88 Å². The van der Waals surface area contributed by atoms with Gasteiger partial charge in [0.25, 0.3) is 0 Å². The van der Waals surface area contributed by atoms with Gasteiger partial charge in [-0.25, -0.2) is 9.97 Å². The van der Waals surface area contributed by atoms with E-state index in [4.69, 9.17) is 4.98 Å². The van der Waals surface area contributed by atoms with Gasteiger partial charge in [0.05, 0.1) is 11.7 Å². The van der Waals surface area contributed by atoms with Crippen molar-refractivity contribution in [2.45, 2.75) is 26.0 Å². The number of fused-ring (bicyclic) bond motifs is 1. The van der Waals surface area contributed by atoms with Crippen LogP contribution in [0.15, 0.2) is 59.6 Å². The zero-order chi connectivity index (χ0) is 23.7. The van der Waals surface area contributed by atoms with Crippen molar-refractivity contribution in [3.05, 3.63) is 76.3 Å². The molecule has 0 aliphatic carbocycles. The second-order valence-corrected chi connectivity index (χ2v) is 9.24. The Labute approximate surface area is 206 Å². The van der Waals surface area contributed by atoms with Gasteiger partial charge in [0.2, 0.25) is 0 Å². The minimum atomic E-state index is -0.232. The molecule has 8 heteroatoms. The second kappa shape index (κ2) is 9.47. The molecule has 0 unspecified atom stereocenters. The SMILES string of the molecule is Cc1c(Nc2nccc3cc(CN4CC[C@@H](O)C4)cnc23)cccc1-c1ccnc(Br)c1C#N. The lowest BCUT2D eigenvalue weighted by Crippen LogP contribution is -2.21. The summed E-state index contributed by atoms with van der Waals surface area (Å²) in [5.74, 6) is 0.678. The fourth-order valence-electron chi connectivity index (χ4n) is 4.45. The van der Waals surface area contributed by atoms with Crippen molar-refractivity contribution in [3.8, 4) is 17.2 Å². The number of nitriles is 1. The van der Waals surface area contributed by atoms with E-state index < -0.39 is 0 Å². The first kappa shape index (κ1) is 22.4. The maximum atomic E-state index is 9.79. The molecule has 0 radical (unpaired) electrons. The molecule has 0 bridgehead atoms. The molecule has 5 rings (SSSR count). The summed E-state index contributed by atoms with van der Waals surface area (Å²) in [6.07, 6.45) is 5.95. The van der Waals surface area contributed by atoms with E-state index in [1.54, 1.807) is 12.4 Å². The van der Waals surface area contributed by atoms with Crippen LogP contribution in [-0.2, 0) is 6.54 Å². The highest BCUT2D eigenvalue weighted by atomic mass is 79.9. The number of aromatic nitrogens is 3. The monoisotopic (exact) mass is 514 g/mol. The summed E-state index contributed by atoms with van der Waals surface area (Å²) in [5.41, 5.74) is 6.09. The van der Waals surface area contributed by atoms with Gasteiger partial charge in [-0.1, -0.05) is 12.1 Å². The highest BCUT2D eigenvalue weighted by Crippen LogP contribution is 2.34. The quantitative estimate of drug-likeness (QED) is 0.363. The molecule has 34 heavy (non-hydrogen) atoms. The van der Waals surface area contributed by atoms with Crippen molar-refractivity contribution in [2.75, 3.05) is 18.4 Å². The standard InChI is InChI=1S/C26H23BrN6O/c1-16-20(21-6-9-29-25(27)22(21)12-28)3-2-4-23(16)32-26-24-18(5-8-30-26)11-17(13-31-24)14-33-10-7-19(34)15-33/h2-6,8-9,11,13,19,34H,7,10,14-15H2,1H3,(H,30,32)/t19-/m1/s1. The van der Waals surface area contributed by atoms with E-state index in [0.717, 1.165) is 58.4 Å². The summed E-state index contributed by atoms with van der Waals surface area (Å²) in [6.45, 7) is 4.40. The van der Waals surface area contributed by atoms with Gasteiger partial charge in [-0.2, -0.15) is 5.26 Å². The van der Waals surface area contributed by atoms with Crippen LogP contribution in [-0.4, -0.2) is 44.2 Å². The normalized spacial score (nSPS) is 16.0. The fraction of sp³-hybridized carbons (Fsp3) is 0.231. The lowest BCUT2D eigenvalue weighted by atomic mass is 9.97. The summed E-state index contributed by atoms with van der Waals surface area (Å²) < 4.78 is 0.532. The highest BCUT2D eigenvalue weighted by Gasteiger charge is 2.20. The molecule has 0 saturated carbocycles. The summed E-state index contributed by atoms with van der Waals surface area (Å²) >= 11 is 3.38. The third kappa shape index (κ3) is 4.38. The molecule has 1 saturated heterocycles. The Kier molecular flexibility index (Phi) is 6.24. The Morgan fingerprint density at radius 2 is 2.03 bits per heavy atom. The molecule has 1 atom stereocenters. The number of aliphatic hydroxyl groups is 1. The van der Waals surface area contributed by atoms with Gasteiger partial charge in [0.1, 0.15) is 16.2 Å². The molecule has 7 nitrogen and oxygen atoms in total. The molecule has 4 heterocycles. The number of rotatable bonds is 5. The summed E-state index contributed by atoms with van der Waals surface area (Å²) in [4.78, 5) is 15.7. The van der Waals surface area contributed by atoms with Crippen LogP contribution in [0.3, 0.4) is 0 Å². The summed E-state index contributed by atoms with van der Waals surface area (Å²) in [7, 11) is 0. The molecule has 0 amide bonds. The molecule has 0 spiro atoms. The van der Waals surface area contributed by atoms with Gasteiger partial charge in [0.15, 0.2) is 5.82 Å². The van der Waals surface area contributed by atoms with Gasteiger partial charge in [0, 0.05) is 54.9 Å². The maximum absolute atomic E-state index is 9.79. The minimum absolute atomic E-state index is 0.232. The summed E-state index contributed by atoms with van der Waals surface area (Å²) in [6, 6.07) is 14.2. The largest absolute Gasteiger partial charge is 0.392 e. The van der Waals surface area contributed by atoms with E-state index in [2.05, 4.69) is 48.3 Å². The zero-order valence-electron chi connectivity index (χ0n) is 18.7. The van der Waals surface area contributed by atoms with E-state index in [1.807, 2.05) is 43.5 Å². The van der Waals surface area contributed by atoms with E-state index in [0.29, 0.717) is 22.5 Å². The van der Waals surface area contributed by atoms with Gasteiger partial charge in [-0.15, -0.1) is 0 Å². The van der Waals surface area contributed by atoms with Crippen LogP contribution in [0.2, 0.25) is 0 Å². The molecule has 4 aromatic rings. The number of benzene rings is 1. The first-order chi connectivity index (χ1) is 16.5. The molecule has 170 valence electrons. The van der Waals surface area contributed by atoms with Crippen LogP contribution in [0, 0.1) is 18.3 Å². The molecular weight excluding hydrogens is 492 g/mol. The van der Waals surface area contributed by atoms with E-state index in [1.165, 1.54) is 0 Å². The molecule has 3 aromatic heterocycles. The number of nitrogens with one attached hydrogen (secondary N) is 1. The zero-order valence-corrected chi connectivity index (χ0v) is 20.2. The second-order valence-electron chi connectivity index (χ2n) is 8.49. The van der Waals surface area contributed by atoms with Gasteiger partial charge < -0.3 is 10.4 Å². The Bertz CT molecular complexity index is 1420. The first-order valence-corrected chi connectivity index (χ1v) is 11.9. The molecule has 1 aliphatic heterocycles. The van der Waals surface area contributed by atoms with Crippen LogP contribution >= 0.6 is 15.9 Å². The smallest absolute Gasteiger partial charge is 0.156 e. The number of nitrogens with zero attached hydrogens (tertiary/aromatic N) is 5. The number of pyridine rings is 3. The van der Waals surface area contributed by atoms with Crippen molar-refractivity contribution >= 4 is 38.3 Å². The lowest BCUT2D eigenvalue weighted by Gasteiger charge is -2.16. The minimum Gasteiger partial charge on any atom is -0.392 e. The Hall–Kier alpha value is -3.38. The third-order valence-electron chi connectivity index (χ3n) is 6.20. The maximum Gasteiger partial charge on any atom is 0.156 e. The molecule has 2 N–H and O–H groups in total. The van der Waals surface area contributed by atoms with Gasteiger partial charge in [-0.05, 0) is 70.2 Å². The van der Waals surface area contributed by atoms with E-state index in [9.17, 15) is 10.4 Å². The van der Waals surface area contributed by atoms with Crippen LogP contribution in [0.5, 0.6) is 0 Å². The lowest BCUT2D eigenvalue weighted by molar-refractivity contribution is 0.175. The average molecular weight is 515 g/mol. The fourth-order valence-corrected chi connectivity index (χ4v) is 4.88. The Balaban J connectivity index is 1.46. The predicted molar refractivity (Wildman–Crippen MR) is 136 cm³/mol. The molecule has 1 aromatic carbocycles. The Morgan fingerprint density at radius 1 is 1.18 bits per heavy atom. The third-order valence-corrected chi connectivity index (χ3v) is 6.80. The van der Waals surface area contributed by atoms with Crippen LogP contribution in [0.1, 0.15) is 23.1 Å². The molecule has 1 fully saturated rings. The van der Waals surface area contributed by atoms with Crippen molar-refractivity contribution in [2.24, 2.45) is 0 Å². The number of hydrogen-bond donors (Lipinski definition) is 2. The Morgan fingerprint density at radius 3 is 2.82 bits per heavy atom. The van der Waals surface area contributed by atoms with Crippen molar-refractivity contribution in [1.82, 2.24) is 19.9 Å². The van der Waals surface area contributed by atoms with Crippen molar-refractivity contribution < 1.29 is 5.11 Å². The summed E-state index contributed by atoms with van der Waals surface area (Å²) in [5, 5.41) is 23.9. The predicted octanol–water partition coefficient (Wildman–Crippen LogP) is 4.94. The number of hydrogen-bond acceptors (Lipinski definition) is 7. The first-order valence-electron chi connectivity index (χ1n) is 11.1. The van der Waals surface area contributed by atoms with Crippen molar-refractivity contribution in [1.29, 1.82) is 5.26 Å². The number of halogens is 1. The van der Waals surface area contributed by atoms with Crippen molar-refractivity contribution in [3.63, 3.8) is 0 Å². The number of aliphatic hydroxyl groups excluding tert-OH is 1. The molecular formula is C26H23BrN6O. The highest BCUT2D eigenvalue weighted by molar-refractivity contribution is 9.10. The number of β-amino-alcohol motifs (C(OH)–C–C–N with tert-alkyl or cyclic N) is 1. The molecule has 1 aliphatic rings. The van der Waals surface area contributed by atoms with E-state index in [-0.39, 0.29) is 6.10 Å². The topological polar surface area (TPSA) is 98.0 Å².